The van der Waals surface area contributed by atoms with Gasteiger partial charge in [0.2, 0.25) is 0 Å². The number of halogens is 2. The van der Waals surface area contributed by atoms with Gasteiger partial charge in [0.1, 0.15) is 0 Å². The normalized spacial score (nSPS) is 13.6. The minimum absolute atomic E-state index is 0.574. The molecule has 0 amide bonds. The van der Waals surface area contributed by atoms with Gasteiger partial charge in [-0.3, -0.25) is 0 Å². The second-order valence-electron chi connectivity index (χ2n) is 4.73. The second-order valence-corrected chi connectivity index (χ2v) is 5.57. The molecule has 2 rings (SSSR count). The van der Waals surface area contributed by atoms with Crippen molar-refractivity contribution in [1.82, 2.24) is 0 Å². The lowest BCUT2D eigenvalue weighted by Crippen LogP contribution is -2.23. The molecule has 0 aliphatic carbocycles. The third-order valence-corrected chi connectivity index (χ3v) is 3.73. The van der Waals surface area contributed by atoms with E-state index in [0.29, 0.717) is 16.5 Å². The summed E-state index contributed by atoms with van der Waals surface area (Å²) in [6.45, 7) is 1.89. The largest absolute Gasteiger partial charge is 0.197 e. The van der Waals surface area contributed by atoms with Crippen LogP contribution in [0.1, 0.15) is 18.1 Å². The molecule has 0 bridgehead atoms. The second kappa shape index (κ2) is 5.65. The molecule has 0 saturated heterocycles. The highest BCUT2D eigenvalue weighted by atomic mass is 35.5. The Balaban J connectivity index is 2.43. The van der Waals surface area contributed by atoms with Gasteiger partial charge in [-0.2, -0.15) is 5.26 Å². The SMILES string of the molecule is CC(C#N)(Cc1ccccc1)c1cc(Cl)ccc1Cl. The Kier molecular flexibility index (Phi) is 4.14. The topological polar surface area (TPSA) is 23.8 Å². The fourth-order valence-electron chi connectivity index (χ4n) is 2.12. The van der Waals surface area contributed by atoms with Gasteiger partial charge in [0.15, 0.2) is 0 Å². The number of hydrogen-bond donors (Lipinski definition) is 0. The number of rotatable bonds is 3. The van der Waals surface area contributed by atoms with E-state index in [1.807, 2.05) is 37.3 Å². The average molecular weight is 290 g/mol. The average Bonchev–Trinajstić information content (AvgIpc) is 2.42. The first-order valence-electron chi connectivity index (χ1n) is 5.96. The third-order valence-electron chi connectivity index (χ3n) is 3.17. The van der Waals surface area contributed by atoms with Crippen molar-refractivity contribution in [1.29, 1.82) is 5.26 Å². The summed E-state index contributed by atoms with van der Waals surface area (Å²) in [5.41, 5.74) is 1.18. The molecule has 1 unspecified atom stereocenters. The van der Waals surface area contributed by atoms with Crippen LogP contribution in [0.2, 0.25) is 10.0 Å². The van der Waals surface area contributed by atoms with Gasteiger partial charge < -0.3 is 0 Å². The lowest BCUT2D eigenvalue weighted by atomic mass is 9.78. The number of nitriles is 1. The summed E-state index contributed by atoms with van der Waals surface area (Å²) in [5.74, 6) is 0. The van der Waals surface area contributed by atoms with Gasteiger partial charge >= 0.3 is 0 Å². The van der Waals surface area contributed by atoms with E-state index < -0.39 is 5.41 Å². The highest BCUT2D eigenvalue weighted by Crippen LogP contribution is 2.34. The van der Waals surface area contributed by atoms with Crippen molar-refractivity contribution in [3.05, 3.63) is 69.7 Å². The molecule has 96 valence electrons. The van der Waals surface area contributed by atoms with Gasteiger partial charge in [-0.15, -0.1) is 0 Å². The first kappa shape index (κ1) is 13.9. The van der Waals surface area contributed by atoms with Crippen molar-refractivity contribution >= 4 is 23.2 Å². The lowest BCUT2D eigenvalue weighted by molar-refractivity contribution is 0.607. The molecule has 0 saturated carbocycles. The zero-order chi connectivity index (χ0) is 13.9. The van der Waals surface area contributed by atoms with E-state index in [4.69, 9.17) is 23.2 Å². The van der Waals surface area contributed by atoms with E-state index in [-0.39, 0.29) is 0 Å². The van der Waals surface area contributed by atoms with Crippen LogP contribution in [0.3, 0.4) is 0 Å². The highest BCUT2D eigenvalue weighted by molar-refractivity contribution is 6.33. The molecule has 1 atom stereocenters. The summed E-state index contributed by atoms with van der Waals surface area (Å²) in [6, 6.07) is 17.5. The van der Waals surface area contributed by atoms with Crippen molar-refractivity contribution in [3.8, 4) is 6.07 Å². The molecule has 0 fully saturated rings. The summed E-state index contributed by atoms with van der Waals surface area (Å²) in [6.07, 6.45) is 0.602. The summed E-state index contributed by atoms with van der Waals surface area (Å²) >= 11 is 12.2. The van der Waals surface area contributed by atoms with Crippen LogP contribution in [0.15, 0.2) is 48.5 Å². The molecule has 0 radical (unpaired) electrons. The van der Waals surface area contributed by atoms with E-state index in [2.05, 4.69) is 6.07 Å². The predicted octanol–water partition coefficient (Wildman–Crippen LogP) is 5.02. The molecule has 0 N–H and O–H groups in total. The first-order valence-corrected chi connectivity index (χ1v) is 6.71. The van der Waals surface area contributed by atoms with Gasteiger partial charge in [0.25, 0.3) is 0 Å². The number of benzene rings is 2. The lowest BCUT2D eigenvalue weighted by Gasteiger charge is -2.23. The van der Waals surface area contributed by atoms with Gasteiger partial charge in [-0.25, -0.2) is 0 Å². The molecule has 2 aromatic rings. The standard InChI is InChI=1S/C16H13Cl2N/c1-16(11-19,10-12-5-3-2-4-6-12)14-9-13(17)7-8-15(14)18/h2-9H,10H2,1H3. The van der Waals surface area contributed by atoms with Crippen LogP contribution in [0.4, 0.5) is 0 Å². The van der Waals surface area contributed by atoms with Crippen LogP contribution >= 0.6 is 23.2 Å². The maximum absolute atomic E-state index is 9.56. The molecule has 0 heterocycles. The van der Waals surface area contributed by atoms with Crippen molar-refractivity contribution < 1.29 is 0 Å². The molecule has 0 spiro atoms. The number of hydrogen-bond acceptors (Lipinski definition) is 1. The Morgan fingerprint density at radius 2 is 1.79 bits per heavy atom. The zero-order valence-corrected chi connectivity index (χ0v) is 12.0. The van der Waals surface area contributed by atoms with Gasteiger partial charge in [0.05, 0.1) is 11.5 Å². The van der Waals surface area contributed by atoms with Crippen LogP contribution in [0, 0.1) is 11.3 Å². The third kappa shape index (κ3) is 3.10. The fraction of sp³-hybridized carbons (Fsp3) is 0.188. The van der Waals surface area contributed by atoms with E-state index >= 15 is 0 Å². The minimum atomic E-state index is -0.691. The monoisotopic (exact) mass is 289 g/mol. The molecular weight excluding hydrogens is 277 g/mol. The Labute approximate surface area is 123 Å². The molecule has 0 aliphatic heterocycles. The van der Waals surface area contributed by atoms with Gasteiger partial charge in [-0.05, 0) is 42.7 Å². The minimum Gasteiger partial charge on any atom is -0.197 e. The van der Waals surface area contributed by atoms with Crippen molar-refractivity contribution in [2.75, 3.05) is 0 Å². The maximum Gasteiger partial charge on any atom is 0.0849 e. The molecule has 1 nitrogen and oxygen atoms in total. The Morgan fingerprint density at radius 1 is 1.11 bits per heavy atom. The zero-order valence-electron chi connectivity index (χ0n) is 10.5. The van der Waals surface area contributed by atoms with Crippen LogP contribution in [-0.2, 0) is 11.8 Å². The smallest absolute Gasteiger partial charge is 0.0849 e. The molecule has 0 aliphatic rings. The van der Waals surface area contributed by atoms with E-state index in [0.717, 1.165) is 11.1 Å². The maximum atomic E-state index is 9.56. The summed E-state index contributed by atoms with van der Waals surface area (Å²) < 4.78 is 0. The predicted molar refractivity (Wildman–Crippen MR) is 79.6 cm³/mol. The Hall–Kier alpha value is -1.49. The van der Waals surface area contributed by atoms with Crippen LogP contribution in [-0.4, -0.2) is 0 Å². The van der Waals surface area contributed by atoms with E-state index in [1.165, 1.54) is 0 Å². The van der Waals surface area contributed by atoms with Gasteiger partial charge in [0, 0.05) is 10.0 Å². The summed E-state index contributed by atoms with van der Waals surface area (Å²) in [7, 11) is 0. The van der Waals surface area contributed by atoms with Crippen molar-refractivity contribution in [2.45, 2.75) is 18.8 Å². The first-order chi connectivity index (χ1) is 9.05. The van der Waals surface area contributed by atoms with Crippen LogP contribution < -0.4 is 0 Å². The van der Waals surface area contributed by atoms with E-state index in [1.54, 1.807) is 18.2 Å². The molecular formula is C16H13Cl2N. The van der Waals surface area contributed by atoms with Crippen LogP contribution in [0.25, 0.3) is 0 Å². The molecule has 2 aromatic carbocycles. The molecule has 3 heteroatoms. The number of nitrogens with zero attached hydrogens (tertiary/aromatic N) is 1. The highest BCUT2D eigenvalue weighted by Gasteiger charge is 2.29. The van der Waals surface area contributed by atoms with Crippen LogP contribution in [0.5, 0.6) is 0 Å². The molecule has 0 aromatic heterocycles. The van der Waals surface area contributed by atoms with Crippen molar-refractivity contribution in [2.24, 2.45) is 0 Å². The Morgan fingerprint density at radius 3 is 2.42 bits per heavy atom. The van der Waals surface area contributed by atoms with Gasteiger partial charge in [-0.1, -0.05) is 53.5 Å². The van der Waals surface area contributed by atoms with E-state index in [9.17, 15) is 5.26 Å². The summed E-state index contributed by atoms with van der Waals surface area (Å²) in [5, 5.41) is 10.7. The fourth-order valence-corrected chi connectivity index (χ4v) is 2.62. The Bertz CT molecular complexity index is 616. The molecule has 19 heavy (non-hydrogen) atoms. The van der Waals surface area contributed by atoms with Crippen molar-refractivity contribution in [3.63, 3.8) is 0 Å². The summed E-state index contributed by atoms with van der Waals surface area (Å²) in [4.78, 5) is 0. The quantitative estimate of drug-likeness (QED) is 0.778.